The van der Waals surface area contributed by atoms with Crippen molar-refractivity contribution in [3.8, 4) is 11.3 Å². The van der Waals surface area contributed by atoms with Gasteiger partial charge in [0.25, 0.3) is 5.56 Å². The third-order valence-corrected chi connectivity index (χ3v) is 6.66. The van der Waals surface area contributed by atoms with Crippen LogP contribution in [0.2, 0.25) is 0 Å². The zero-order chi connectivity index (χ0) is 21.9. The van der Waals surface area contributed by atoms with Crippen molar-refractivity contribution in [2.24, 2.45) is 5.92 Å². The molecule has 1 saturated carbocycles. The van der Waals surface area contributed by atoms with Crippen LogP contribution in [0.5, 0.6) is 0 Å². The van der Waals surface area contributed by atoms with Gasteiger partial charge in [0.15, 0.2) is 11.5 Å². The Kier molecular flexibility index (Phi) is 6.17. The Morgan fingerprint density at radius 2 is 1.72 bits per heavy atom. The molecule has 1 aliphatic carbocycles. The zero-order valence-electron chi connectivity index (χ0n) is 18.2. The predicted octanol–water partition coefficient (Wildman–Crippen LogP) is 4.77. The van der Waals surface area contributed by atoms with E-state index in [4.69, 9.17) is 9.72 Å². The van der Waals surface area contributed by atoms with E-state index in [2.05, 4.69) is 10.3 Å². The smallest absolute Gasteiger partial charge is 0.294 e. The molecule has 168 valence electrons. The summed E-state index contributed by atoms with van der Waals surface area (Å²) in [6.07, 6.45) is 7.69. The van der Waals surface area contributed by atoms with Crippen LogP contribution in [0.4, 0.5) is 10.2 Å². The van der Waals surface area contributed by atoms with Crippen molar-refractivity contribution in [3.63, 3.8) is 0 Å². The van der Waals surface area contributed by atoms with Crippen LogP contribution in [0.1, 0.15) is 44.9 Å². The standard InChI is InChI=1S/C25H29FN4O2/c26-19-8-6-18(7-9-19)21-10-11-22-24(29-21)30(16-17-4-2-1-3-5-17)25(31)23(28-22)27-20-12-14-32-15-13-20/h6-11,17,20H,1-5,12-16H2,(H,27,28). The van der Waals surface area contributed by atoms with Gasteiger partial charge in [-0.3, -0.25) is 9.36 Å². The molecule has 0 amide bonds. The SMILES string of the molecule is O=c1c(NC2CCOCC2)nc2ccc(-c3ccc(F)cc3)nc2n1CC1CCCCC1. The van der Waals surface area contributed by atoms with Gasteiger partial charge in [0, 0.05) is 31.4 Å². The Morgan fingerprint density at radius 1 is 0.969 bits per heavy atom. The topological polar surface area (TPSA) is 69.0 Å². The summed E-state index contributed by atoms with van der Waals surface area (Å²) in [5, 5.41) is 3.38. The number of ether oxygens (including phenoxy) is 1. The molecule has 1 N–H and O–H groups in total. The number of nitrogens with zero attached hydrogens (tertiary/aromatic N) is 3. The van der Waals surface area contributed by atoms with Crippen molar-refractivity contribution in [2.45, 2.75) is 57.5 Å². The number of hydrogen-bond donors (Lipinski definition) is 1. The Bertz CT molecular complexity index is 1130. The second kappa shape index (κ2) is 9.36. The van der Waals surface area contributed by atoms with E-state index >= 15 is 0 Å². The fourth-order valence-electron chi connectivity index (χ4n) is 4.83. The van der Waals surface area contributed by atoms with E-state index in [1.54, 1.807) is 12.1 Å². The van der Waals surface area contributed by atoms with Crippen LogP contribution in [-0.4, -0.2) is 33.8 Å². The number of anilines is 1. The molecule has 1 aliphatic heterocycles. The molecule has 0 radical (unpaired) electrons. The summed E-state index contributed by atoms with van der Waals surface area (Å²) in [6, 6.07) is 10.3. The number of rotatable bonds is 5. The third-order valence-electron chi connectivity index (χ3n) is 6.66. The lowest BCUT2D eigenvalue weighted by molar-refractivity contribution is 0.0903. The normalized spacial score (nSPS) is 18.2. The fraction of sp³-hybridized carbons (Fsp3) is 0.480. The highest BCUT2D eigenvalue weighted by Crippen LogP contribution is 2.27. The Hall–Kier alpha value is -2.80. The molecule has 3 aromatic rings. The molecule has 0 atom stereocenters. The average molecular weight is 437 g/mol. The van der Waals surface area contributed by atoms with E-state index in [0.29, 0.717) is 48.4 Å². The summed E-state index contributed by atoms with van der Waals surface area (Å²) >= 11 is 0. The summed E-state index contributed by atoms with van der Waals surface area (Å²) in [5.41, 5.74) is 2.70. The molecule has 0 spiro atoms. The summed E-state index contributed by atoms with van der Waals surface area (Å²) in [5.74, 6) is 0.588. The van der Waals surface area contributed by atoms with E-state index in [1.165, 1.54) is 31.4 Å². The van der Waals surface area contributed by atoms with Crippen LogP contribution in [-0.2, 0) is 11.3 Å². The lowest BCUT2D eigenvalue weighted by Crippen LogP contribution is -2.34. The summed E-state index contributed by atoms with van der Waals surface area (Å²) in [7, 11) is 0. The van der Waals surface area contributed by atoms with Gasteiger partial charge in [0.05, 0.1) is 5.69 Å². The molecule has 5 rings (SSSR count). The maximum atomic E-state index is 13.5. The van der Waals surface area contributed by atoms with E-state index in [9.17, 15) is 9.18 Å². The van der Waals surface area contributed by atoms with Gasteiger partial charge >= 0.3 is 0 Å². The molecule has 0 unspecified atom stereocenters. The molecule has 0 bridgehead atoms. The van der Waals surface area contributed by atoms with Gasteiger partial charge in [-0.15, -0.1) is 0 Å². The molecule has 7 heteroatoms. The highest BCUT2D eigenvalue weighted by molar-refractivity contribution is 5.76. The molecule has 2 aliphatic rings. The van der Waals surface area contributed by atoms with Gasteiger partial charge in [-0.05, 0) is 68.0 Å². The Labute approximate surface area is 186 Å². The number of nitrogens with one attached hydrogen (secondary N) is 1. The minimum Gasteiger partial charge on any atom is -0.381 e. The van der Waals surface area contributed by atoms with Gasteiger partial charge in [-0.1, -0.05) is 19.3 Å². The lowest BCUT2D eigenvalue weighted by atomic mass is 9.89. The van der Waals surface area contributed by atoms with E-state index in [1.807, 2.05) is 16.7 Å². The maximum absolute atomic E-state index is 13.5. The van der Waals surface area contributed by atoms with E-state index < -0.39 is 0 Å². The molecule has 6 nitrogen and oxygen atoms in total. The van der Waals surface area contributed by atoms with Gasteiger partial charge in [0.2, 0.25) is 0 Å². The molecule has 2 aromatic heterocycles. The Balaban J connectivity index is 1.57. The van der Waals surface area contributed by atoms with Crippen LogP contribution in [0.3, 0.4) is 0 Å². The van der Waals surface area contributed by atoms with E-state index in [-0.39, 0.29) is 17.4 Å². The second-order valence-corrected chi connectivity index (χ2v) is 8.96. The van der Waals surface area contributed by atoms with Gasteiger partial charge in [-0.25, -0.2) is 14.4 Å². The quantitative estimate of drug-likeness (QED) is 0.624. The molecule has 32 heavy (non-hydrogen) atoms. The minimum atomic E-state index is -0.283. The summed E-state index contributed by atoms with van der Waals surface area (Å²) < 4.78 is 20.6. The molecule has 1 saturated heterocycles. The molecular weight excluding hydrogens is 407 g/mol. The first kappa shape index (κ1) is 21.1. The van der Waals surface area contributed by atoms with Gasteiger partial charge in [-0.2, -0.15) is 0 Å². The van der Waals surface area contributed by atoms with Crippen LogP contribution < -0.4 is 10.9 Å². The van der Waals surface area contributed by atoms with Crippen LogP contribution in [0.15, 0.2) is 41.2 Å². The number of hydrogen-bond acceptors (Lipinski definition) is 5. The van der Waals surface area contributed by atoms with Gasteiger partial charge in [0.1, 0.15) is 11.3 Å². The number of aromatic nitrogens is 3. The fourth-order valence-corrected chi connectivity index (χ4v) is 4.83. The summed E-state index contributed by atoms with van der Waals surface area (Å²) in [6.45, 7) is 2.05. The number of halogens is 1. The average Bonchev–Trinajstić information content (AvgIpc) is 2.83. The van der Waals surface area contributed by atoms with Crippen LogP contribution in [0, 0.1) is 11.7 Å². The molecule has 2 fully saturated rings. The second-order valence-electron chi connectivity index (χ2n) is 8.96. The largest absolute Gasteiger partial charge is 0.381 e. The first-order chi connectivity index (χ1) is 15.7. The van der Waals surface area contributed by atoms with Crippen molar-refractivity contribution in [1.82, 2.24) is 14.5 Å². The third kappa shape index (κ3) is 4.53. The van der Waals surface area contributed by atoms with Crippen LogP contribution >= 0.6 is 0 Å². The first-order valence-electron chi connectivity index (χ1n) is 11.7. The highest BCUT2D eigenvalue weighted by atomic mass is 19.1. The van der Waals surface area contributed by atoms with Crippen molar-refractivity contribution in [1.29, 1.82) is 0 Å². The van der Waals surface area contributed by atoms with Gasteiger partial charge < -0.3 is 10.1 Å². The zero-order valence-corrected chi connectivity index (χ0v) is 18.2. The number of pyridine rings is 1. The molecular formula is C25H29FN4O2. The van der Waals surface area contributed by atoms with Crippen molar-refractivity contribution in [3.05, 3.63) is 52.6 Å². The maximum Gasteiger partial charge on any atom is 0.294 e. The van der Waals surface area contributed by atoms with Crippen LogP contribution in [0.25, 0.3) is 22.4 Å². The Morgan fingerprint density at radius 3 is 2.47 bits per heavy atom. The highest BCUT2D eigenvalue weighted by Gasteiger charge is 2.21. The van der Waals surface area contributed by atoms with Crippen molar-refractivity contribution < 1.29 is 9.13 Å². The van der Waals surface area contributed by atoms with Crippen molar-refractivity contribution >= 4 is 17.0 Å². The van der Waals surface area contributed by atoms with E-state index in [0.717, 1.165) is 31.2 Å². The first-order valence-corrected chi connectivity index (χ1v) is 11.7. The lowest BCUT2D eigenvalue weighted by Gasteiger charge is -2.25. The summed E-state index contributed by atoms with van der Waals surface area (Å²) in [4.78, 5) is 23.0. The molecule has 3 heterocycles. The molecule has 1 aromatic carbocycles. The number of fused-ring (bicyclic) bond motifs is 1. The minimum absolute atomic E-state index is 0.113. The van der Waals surface area contributed by atoms with Crippen molar-refractivity contribution in [2.75, 3.05) is 18.5 Å². The predicted molar refractivity (Wildman–Crippen MR) is 123 cm³/mol. The number of benzene rings is 1. The monoisotopic (exact) mass is 436 g/mol.